The molecule has 0 amide bonds. The van der Waals surface area contributed by atoms with Crippen LogP contribution in [-0.2, 0) is 0 Å². The summed E-state index contributed by atoms with van der Waals surface area (Å²) in [6.45, 7) is 8.07. The molecule has 0 aliphatic carbocycles. The number of allylic oxidation sites excluding steroid dienone is 1. The lowest BCUT2D eigenvalue weighted by Gasteiger charge is -2.11. The first-order chi connectivity index (χ1) is 10.6. The monoisotopic (exact) mass is 312 g/mol. The van der Waals surface area contributed by atoms with Crippen molar-refractivity contribution in [1.29, 1.82) is 0 Å². The summed E-state index contributed by atoms with van der Waals surface area (Å²) in [5, 5.41) is 1.97. The minimum absolute atomic E-state index is 0.0852. The van der Waals surface area contributed by atoms with Crippen LogP contribution in [-0.4, -0.2) is 12.4 Å². The van der Waals surface area contributed by atoms with Crippen molar-refractivity contribution in [1.82, 2.24) is 0 Å². The molecule has 1 aliphatic heterocycles. The Morgan fingerprint density at radius 3 is 2.91 bits per heavy atom. The zero-order valence-electron chi connectivity index (χ0n) is 12.5. The maximum Gasteiger partial charge on any atom is 0.232 e. The molecule has 0 atom stereocenters. The van der Waals surface area contributed by atoms with Gasteiger partial charge in [-0.2, -0.15) is 0 Å². The van der Waals surface area contributed by atoms with Crippen molar-refractivity contribution in [3.05, 3.63) is 63.6 Å². The standard InChI is InChI=1S/C18H16O3S/c1-11(2)10-20-15-7-6-14-17(19)16(21-18(14)12(15)3)9-13-5-4-8-22-13/h4-9H,1,10H2,2-3H3/b16-9-. The number of Topliss-reactive ketones (excluding diaryl/α,β-unsaturated/α-hetero) is 1. The maximum atomic E-state index is 12.4. The lowest BCUT2D eigenvalue weighted by Crippen LogP contribution is -2.00. The Morgan fingerprint density at radius 2 is 2.23 bits per heavy atom. The number of hydrogen-bond donors (Lipinski definition) is 0. The van der Waals surface area contributed by atoms with Crippen LogP contribution in [0.25, 0.3) is 6.08 Å². The van der Waals surface area contributed by atoms with Crippen molar-refractivity contribution in [2.24, 2.45) is 0 Å². The minimum Gasteiger partial charge on any atom is -0.489 e. The van der Waals surface area contributed by atoms with Gasteiger partial charge in [-0.3, -0.25) is 4.79 Å². The van der Waals surface area contributed by atoms with Gasteiger partial charge in [0.05, 0.1) is 5.56 Å². The lowest BCUT2D eigenvalue weighted by atomic mass is 10.1. The number of ketones is 1. The first-order valence-electron chi connectivity index (χ1n) is 6.95. The summed E-state index contributed by atoms with van der Waals surface area (Å²) in [5.74, 6) is 1.58. The second-order valence-corrected chi connectivity index (χ2v) is 6.25. The highest BCUT2D eigenvalue weighted by molar-refractivity contribution is 7.10. The zero-order valence-corrected chi connectivity index (χ0v) is 13.3. The molecule has 2 aromatic rings. The van der Waals surface area contributed by atoms with Crippen LogP contribution in [0.15, 0.2) is 47.6 Å². The van der Waals surface area contributed by atoms with E-state index in [1.807, 2.05) is 37.4 Å². The normalized spacial score (nSPS) is 14.8. The number of thiophene rings is 1. The van der Waals surface area contributed by atoms with Crippen molar-refractivity contribution in [2.45, 2.75) is 13.8 Å². The molecule has 0 saturated carbocycles. The van der Waals surface area contributed by atoms with E-state index >= 15 is 0 Å². The molecule has 0 N–H and O–H groups in total. The molecular weight excluding hydrogens is 296 g/mol. The third-order valence-corrected chi connectivity index (χ3v) is 4.15. The summed E-state index contributed by atoms with van der Waals surface area (Å²) in [6.07, 6.45) is 1.78. The fourth-order valence-corrected chi connectivity index (χ4v) is 2.87. The van der Waals surface area contributed by atoms with Gasteiger partial charge in [0.25, 0.3) is 0 Å². The van der Waals surface area contributed by atoms with Crippen LogP contribution in [0.1, 0.15) is 27.7 Å². The number of carbonyl (C=O) groups excluding carboxylic acids is 1. The Morgan fingerprint density at radius 1 is 1.41 bits per heavy atom. The summed E-state index contributed by atoms with van der Waals surface area (Å²) >= 11 is 1.57. The Balaban J connectivity index is 1.92. The van der Waals surface area contributed by atoms with E-state index in [-0.39, 0.29) is 5.78 Å². The highest BCUT2D eigenvalue weighted by atomic mass is 32.1. The predicted molar refractivity (Wildman–Crippen MR) is 88.7 cm³/mol. The summed E-state index contributed by atoms with van der Waals surface area (Å²) < 4.78 is 11.5. The van der Waals surface area contributed by atoms with Crippen LogP contribution in [0.5, 0.6) is 11.5 Å². The molecule has 0 spiro atoms. The first kappa shape index (κ1) is 14.6. The molecule has 0 unspecified atom stereocenters. The van der Waals surface area contributed by atoms with Crippen molar-refractivity contribution in [3.8, 4) is 11.5 Å². The number of ether oxygens (including phenoxy) is 2. The average molecular weight is 312 g/mol. The molecule has 0 radical (unpaired) electrons. The zero-order chi connectivity index (χ0) is 15.7. The molecule has 2 heterocycles. The van der Waals surface area contributed by atoms with E-state index in [0.717, 1.165) is 16.0 Å². The first-order valence-corrected chi connectivity index (χ1v) is 7.83. The van der Waals surface area contributed by atoms with Gasteiger partial charge in [0.2, 0.25) is 5.78 Å². The number of rotatable bonds is 4. The van der Waals surface area contributed by atoms with Gasteiger partial charge in [-0.1, -0.05) is 12.6 Å². The van der Waals surface area contributed by atoms with Crippen LogP contribution in [0.4, 0.5) is 0 Å². The average Bonchev–Trinajstić information content (AvgIpc) is 3.09. The second-order valence-electron chi connectivity index (χ2n) is 5.27. The summed E-state index contributed by atoms with van der Waals surface area (Å²) in [4.78, 5) is 13.4. The van der Waals surface area contributed by atoms with Crippen molar-refractivity contribution < 1.29 is 14.3 Å². The van der Waals surface area contributed by atoms with E-state index in [1.54, 1.807) is 23.5 Å². The second kappa shape index (κ2) is 5.81. The number of hydrogen-bond acceptors (Lipinski definition) is 4. The highest BCUT2D eigenvalue weighted by Crippen LogP contribution is 2.39. The number of benzene rings is 1. The Kier molecular flexibility index (Phi) is 3.86. The lowest BCUT2D eigenvalue weighted by molar-refractivity contribution is 0.101. The molecule has 3 rings (SSSR count). The Labute approximate surface area is 133 Å². The van der Waals surface area contributed by atoms with E-state index in [4.69, 9.17) is 9.47 Å². The van der Waals surface area contributed by atoms with E-state index < -0.39 is 0 Å². The van der Waals surface area contributed by atoms with Crippen molar-refractivity contribution in [2.75, 3.05) is 6.61 Å². The van der Waals surface area contributed by atoms with Crippen LogP contribution >= 0.6 is 11.3 Å². The van der Waals surface area contributed by atoms with Crippen molar-refractivity contribution in [3.63, 3.8) is 0 Å². The molecule has 1 aromatic heterocycles. The van der Waals surface area contributed by atoms with Crippen LogP contribution < -0.4 is 9.47 Å². The Hall–Kier alpha value is -2.33. The fourth-order valence-electron chi connectivity index (χ4n) is 2.23. The smallest absolute Gasteiger partial charge is 0.232 e. The molecule has 112 valence electrons. The van der Waals surface area contributed by atoms with Crippen LogP contribution in [0, 0.1) is 6.92 Å². The molecule has 0 fully saturated rings. The molecule has 0 bridgehead atoms. The third kappa shape index (κ3) is 2.70. The number of carbonyl (C=O) groups is 1. The van der Waals surface area contributed by atoms with Crippen LogP contribution in [0.3, 0.4) is 0 Å². The summed E-state index contributed by atoms with van der Waals surface area (Å²) in [6, 6.07) is 7.46. The van der Waals surface area contributed by atoms with E-state index in [2.05, 4.69) is 6.58 Å². The van der Waals surface area contributed by atoms with Gasteiger partial charge in [-0.15, -0.1) is 11.3 Å². The largest absolute Gasteiger partial charge is 0.489 e. The molecule has 22 heavy (non-hydrogen) atoms. The molecule has 1 aliphatic rings. The SMILES string of the molecule is C=C(C)COc1ccc2c(c1C)O/C(=C\c1cccs1)C2=O. The minimum atomic E-state index is -0.0852. The van der Waals surface area contributed by atoms with Gasteiger partial charge < -0.3 is 9.47 Å². The van der Waals surface area contributed by atoms with E-state index in [9.17, 15) is 4.79 Å². The predicted octanol–water partition coefficient (Wildman–Crippen LogP) is 4.63. The van der Waals surface area contributed by atoms with Crippen LogP contribution in [0.2, 0.25) is 0 Å². The Bertz CT molecular complexity index is 770. The van der Waals surface area contributed by atoms with Gasteiger partial charge in [-0.05, 0) is 43.0 Å². The van der Waals surface area contributed by atoms with Gasteiger partial charge in [0.1, 0.15) is 18.1 Å². The van der Waals surface area contributed by atoms with E-state index in [0.29, 0.717) is 29.4 Å². The fraction of sp³-hybridized carbons (Fsp3) is 0.167. The van der Waals surface area contributed by atoms with Gasteiger partial charge in [0, 0.05) is 16.5 Å². The van der Waals surface area contributed by atoms with E-state index in [1.165, 1.54) is 0 Å². The summed E-state index contributed by atoms with van der Waals surface area (Å²) in [5.41, 5.74) is 2.36. The third-order valence-electron chi connectivity index (χ3n) is 3.33. The highest BCUT2D eigenvalue weighted by Gasteiger charge is 2.30. The summed E-state index contributed by atoms with van der Waals surface area (Å²) in [7, 11) is 0. The van der Waals surface area contributed by atoms with Gasteiger partial charge in [0.15, 0.2) is 5.76 Å². The maximum absolute atomic E-state index is 12.4. The molecule has 0 saturated heterocycles. The number of fused-ring (bicyclic) bond motifs is 1. The van der Waals surface area contributed by atoms with Gasteiger partial charge in [-0.25, -0.2) is 0 Å². The molecule has 4 heteroatoms. The van der Waals surface area contributed by atoms with Gasteiger partial charge >= 0.3 is 0 Å². The molecule has 3 nitrogen and oxygen atoms in total. The molecular formula is C18H16O3S. The molecule has 1 aromatic carbocycles. The topological polar surface area (TPSA) is 35.5 Å². The quantitative estimate of drug-likeness (QED) is 0.610. The van der Waals surface area contributed by atoms with Crippen molar-refractivity contribution >= 4 is 23.2 Å².